The summed E-state index contributed by atoms with van der Waals surface area (Å²) >= 11 is 3.23. The average Bonchev–Trinajstić information content (AvgIpc) is 2.62. The molecule has 2 N–H and O–H groups in total. The number of aryl methyl sites for hydroxylation is 1. The van der Waals surface area contributed by atoms with E-state index in [-0.39, 0.29) is 18.3 Å². The summed E-state index contributed by atoms with van der Waals surface area (Å²) in [6.45, 7) is 5.99. The third-order valence-corrected chi connectivity index (χ3v) is 4.43. The number of nitrogens with zero attached hydrogens (tertiary/aromatic N) is 1. The molecular formula is C20H23BrN2O4. The lowest BCUT2D eigenvalue weighted by molar-refractivity contribution is -0.123. The van der Waals surface area contributed by atoms with Crippen molar-refractivity contribution in [2.24, 2.45) is 5.10 Å². The second kappa shape index (κ2) is 9.41. The van der Waals surface area contributed by atoms with Crippen molar-refractivity contribution >= 4 is 28.1 Å². The Bertz CT molecular complexity index is 850. The van der Waals surface area contributed by atoms with Gasteiger partial charge in [-0.3, -0.25) is 4.79 Å². The molecule has 0 aliphatic heterocycles. The van der Waals surface area contributed by atoms with Gasteiger partial charge in [0.15, 0.2) is 18.1 Å². The number of amides is 1. The number of rotatable bonds is 7. The van der Waals surface area contributed by atoms with Crippen molar-refractivity contribution < 1.29 is 19.4 Å². The minimum Gasteiger partial charge on any atom is -0.503 e. The Morgan fingerprint density at radius 1 is 1.30 bits per heavy atom. The molecule has 2 aromatic rings. The SMILES string of the molecule is COc1cc(/C=N\NC(=O)COc2cc(C)ccc2C(C)C)cc(Br)c1O. The van der Waals surface area contributed by atoms with E-state index >= 15 is 0 Å². The quantitative estimate of drug-likeness (QED) is 0.507. The van der Waals surface area contributed by atoms with Crippen LogP contribution >= 0.6 is 15.9 Å². The van der Waals surface area contributed by atoms with Crippen LogP contribution in [0.3, 0.4) is 0 Å². The maximum atomic E-state index is 12.0. The van der Waals surface area contributed by atoms with Crippen molar-refractivity contribution in [3.8, 4) is 17.2 Å². The Labute approximate surface area is 167 Å². The van der Waals surface area contributed by atoms with E-state index < -0.39 is 0 Å². The summed E-state index contributed by atoms with van der Waals surface area (Å²) in [4.78, 5) is 12.0. The summed E-state index contributed by atoms with van der Waals surface area (Å²) in [5.74, 6) is 0.945. The number of ether oxygens (including phenoxy) is 2. The minimum atomic E-state index is -0.368. The Kier molecular flexibility index (Phi) is 7.24. The number of hydrazone groups is 1. The van der Waals surface area contributed by atoms with Crippen LogP contribution in [0.2, 0.25) is 0 Å². The highest BCUT2D eigenvalue weighted by Gasteiger charge is 2.10. The molecule has 0 atom stereocenters. The number of phenolic OH excluding ortho intramolecular Hbond substituents is 1. The molecule has 27 heavy (non-hydrogen) atoms. The van der Waals surface area contributed by atoms with E-state index in [2.05, 4.69) is 40.3 Å². The van der Waals surface area contributed by atoms with Crippen LogP contribution < -0.4 is 14.9 Å². The molecule has 0 unspecified atom stereocenters. The second-order valence-corrected chi connectivity index (χ2v) is 7.19. The molecule has 0 aliphatic carbocycles. The van der Waals surface area contributed by atoms with Crippen LogP contribution in [0.1, 0.15) is 36.5 Å². The topological polar surface area (TPSA) is 80.2 Å². The van der Waals surface area contributed by atoms with E-state index in [1.807, 2.05) is 25.1 Å². The van der Waals surface area contributed by atoms with Gasteiger partial charge < -0.3 is 14.6 Å². The number of carbonyl (C=O) groups is 1. The van der Waals surface area contributed by atoms with Crippen molar-refractivity contribution in [2.45, 2.75) is 26.7 Å². The van der Waals surface area contributed by atoms with Crippen molar-refractivity contribution in [1.82, 2.24) is 5.43 Å². The first-order chi connectivity index (χ1) is 12.8. The molecule has 2 rings (SSSR count). The van der Waals surface area contributed by atoms with Gasteiger partial charge in [0.1, 0.15) is 5.75 Å². The average molecular weight is 435 g/mol. The number of nitrogens with one attached hydrogen (secondary N) is 1. The molecule has 0 saturated heterocycles. The summed E-state index contributed by atoms with van der Waals surface area (Å²) < 4.78 is 11.2. The Balaban J connectivity index is 1.97. The molecule has 2 aromatic carbocycles. The van der Waals surface area contributed by atoms with E-state index in [4.69, 9.17) is 9.47 Å². The Morgan fingerprint density at radius 3 is 2.70 bits per heavy atom. The van der Waals surface area contributed by atoms with Crippen LogP contribution in [0.5, 0.6) is 17.2 Å². The van der Waals surface area contributed by atoms with E-state index in [1.54, 1.807) is 12.1 Å². The third kappa shape index (κ3) is 5.72. The predicted molar refractivity (Wildman–Crippen MR) is 109 cm³/mol. The van der Waals surface area contributed by atoms with Crippen LogP contribution in [0.15, 0.2) is 39.9 Å². The fourth-order valence-corrected chi connectivity index (χ4v) is 2.88. The van der Waals surface area contributed by atoms with Gasteiger partial charge in [0, 0.05) is 0 Å². The summed E-state index contributed by atoms with van der Waals surface area (Å²) in [6, 6.07) is 9.23. The van der Waals surface area contributed by atoms with Crippen molar-refractivity contribution in [3.63, 3.8) is 0 Å². The number of carbonyl (C=O) groups excluding carboxylic acids is 1. The molecule has 0 aliphatic rings. The predicted octanol–water partition coefficient (Wildman–Crippen LogP) is 4.12. The van der Waals surface area contributed by atoms with Gasteiger partial charge in [-0.05, 0) is 63.7 Å². The Morgan fingerprint density at radius 2 is 2.04 bits per heavy atom. The Hall–Kier alpha value is -2.54. The number of halogens is 1. The van der Waals surface area contributed by atoms with Crippen molar-refractivity contribution in [2.75, 3.05) is 13.7 Å². The summed E-state index contributed by atoms with van der Waals surface area (Å²) in [5.41, 5.74) is 5.20. The molecule has 0 radical (unpaired) electrons. The van der Waals surface area contributed by atoms with Gasteiger partial charge in [-0.2, -0.15) is 5.10 Å². The molecule has 0 fully saturated rings. The number of hydrogen-bond acceptors (Lipinski definition) is 5. The van der Waals surface area contributed by atoms with E-state index in [0.29, 0.717) is 27.5 Å². The lowest BCUT2D eigenvalue weighted by Crippen LogP contribution is -2.25. The highest BCUT2D eigenvalue weighted by atomic mass is 79.9. The van der Waals surface area contributed by atoms with Crippen LogP contribution in [-0.4, -0.2) is 30.9 Å². The maximum Gasteiger partial charge on any atom is 0.277 e. The fraction of sp³-hybridized carbons (Fsp3) is 0.300. The summed E-state index contributed by atoms with van der Waals surface area (Å²) in [7, 11) is 1.46. The van der Waals surface area contributed by atoms with Gasteiger partial charge in [-0.1, -0.05) is 26.0 Å². The molecule has 6 nitrogen and oxygen atoms in total. The first-order valence-corrected chi connectivity index (χ1v) is 9.23. The van der Waals surface area contributed by atoms with Crippen LogP contribution in [-0.2, 0) is 4.79 Å². The second-order valence-electron chi connectivity index (χ2n) is 6.33. The van der Waals surface area contributed by atoms with Gasteiger partial charge >= 0.3 is 0 Å². The first kappa shape index (κ1) is 20.8. The van der Waals surface area contributed by atoms with Crippen molar-refractivity contribution in [1.29, 1.82) is 0 Å². The number of benzene rings is 2. The van der Waals surface area contributed by atoms with Crippen LogP contribution in [0.25, 0.3) is 0 Å². The zero-order valence-electron chi connectivity index (χ0n) is 15.7. The highest BCUT2D eigenvalue weighted by molar-refractivity contribution is 9.10. The molecule has 7 heteroatoms. The fourth-order valence-electron chi connectivity index (χ4n) is 2.42. The number of aromatic hydroxyl groups is 1. The zero-order valence-corrected chi connectivity index (χ0v) is 17.3. The lowest BCUT2D eigenvalue weighted by atomic mass is 10.0. The van der Waals surface area contributed by atoms with Gasteiger partial charge in [-0.15, -0.1) is 0 Å². The smallest absolute Gasteiger partial charge is 0.277 e. The van der Waals surface area contributed by atoms with Gasteiger partial charge in [0.2, 0.25) is 0 Å². The first-order valence-electron chi connectivity index (χ1n) is 8.43. The minimum absolute atomic E-state index is 0.00574. The van der Waals surface area contributed by atoms with E-state index in [9.17, 15) is 9.90 Å². The largest absolute Gasteiger partial charge is 0.503 e. The zero-order chi connectivity index (χ0) is 20.0. The van der Waals surface area contributed by atoms with E-state index in [1.165, 1.54) is 13.3 Å². The van der Waals surface area contributed by atoms with Gasteiger partial charge in [-0.25, -0.2) is 5.43 Å². The summed E-state index contributed by atoms with van der Waals surface area (Å²) in [5, 5.41) is 13.7. The van der Waals surface area contributed by atoms with Gasteiger partial charge in [0.05, 0.1) is 17.8 Å². The molecule has 0 saturated carbocycles. The lowest BCUT2D eigenvalue weighted by Gasteiger charge is -2.14. The summed E-state index contributed by atoms with van der Waals surface area (Å²) in [6.07, 6.45) is 1.46. The third-order valence-electron chi connectivity index (χ3n) is 3.82. The number of phenols is 1. The standard InChI is InChI=1S/C20H23BrN2O4/c1-12(2)15-6-5-13(3)7-17(15)27-11-19(24)23-22-10-14-8-16(21)20(25)18(9-14)26-4/h5-10,12,25H,11H2,1-4H3,(H,23,24)/b22-10-. The molecule has 0 spiro atoms. The van der Waals surface area contributed by atoms with Crippen LogP contribution in [0.4, 0.5) is 0 Å². The molecule has 1 amide bonds. The highest BCUT2D eigenvalue weighted by Crippen LogP contribution is 2.34. The monoisotopic (exact) mass is 434 g/mol. The number of methoxy groups -OCH3 is 1. The molecule has 0 heterocycles. The maximum absolute atomic E-state index is 12.0. The van der Waals surface area contributed by atoms with Crippen LogP contribution in [0, 0.1) is 6.92 Å². The number of hydrogen-bond donors (Lipinski definition) is 2. The molecule has 0 bridgehead atoms. The van der Waals surface area contributed by atoms with Gasteiger partial charge in [0.25, 0.3) is 5.91 Å². The van der Waals surface area contributed by atoms with E-state index in [0.717, 1.165) is 11.1 Å². The molecule has 144 valence electrons. The van der Waals surface area contributed by atoms with Crippen molar-refractivity contribution in [3.05, 3.63) is 51.5 Å². The normalized spacial score (nSPS) is 11.0. The molecular weight excluding hydrogens is 412 g/mol. The molecule has 0 aromatic heterocycles.